The number of hydrogen-bond acceptors (Lipinski definition) is 7. The molecule has 0 aromatic rings. The fourth-order valence-corrected chi connectivity index (χ4v) is 5.77. The van der Waals surface area contributed by atoms with Gasteiger partial charge in [-0.05, 0) is 44.9 Å². The third kappa shape index (κ3) is 38.3. The number of carbonyl (C=O) groups is 4. The monoisotopic (exact) mass is 683 g/mol. The first kappa shape index (κ1) is 45.9. The lowest BCUT2D eigenvalue weighted by Gasteiger charge is -2.06. The number of carboxylic acids is 1. The maximum atomic E-state index is 11.9. The van der Waals surface area contributed by atoms with Crippen molar-refractivity contribution in [2.24, 2.45) is 0 Å². The lowest BCUT2D eigenvalue weighted by molar-refractivity contribution is -0.146. The van der Waals surface area contributed by atoms with Gasteiger partial charge in [-0.3, -0.25) is 19.2 Å². The largest absolute Gasteiger partial charge is 0.481 e. The molecule has 0 bridgehead atoms. The molecule has 0 atom stereocenters. The SMILES string of the molecule is CCCCCCCCCCCCCC(=O)OCCCCCCCCCCCCCCCC(=O)OCCCCOC(=O)CCCCC(=O)O. The molecular weight excluding hydrogens is 608 g/mol. The Morgan fingerprint density at radius 3 is 0.875 bits per heavy atom. The molecule has 8 heteroatoms. The van der Waals surface area contributed by atoms with Gasteiger partial charge in [-0.2, -0.15) is 0 Å². The predicted molar refractivity (Wildman–Crippen MR) is 194 cm³/mol. The zero-order chi connectivity index (χ0) is 35.2. The molecule has 48 heavy (non-hydrogen) atoms. The van der Waals surface area contributed by atoms with E-state index in [4.69, 9.17) is 19.3 Å². The highest BCUT2D eigenvalue weighted by Gasteiger charge is 2.06. The smallest absolute Gasteiger partial charge is 0.305 e. The second-order valence-corrected chi connectivity index (χ2v) is 13.6. The molecule has 0 saturated carbocycles. The summed E-state index contributed by atoms with van der Waals surface area (Å²) in [5.74, 6) is -1.32. The number of unbranched alkanes of at least 4 members (excludes halogenated alkanes) is 24. The first-order chi connectivity index (χ1) is 23.5. The Hall–Kier alpha value is -2.12. The van der Waals surface area contributed by atoms with Crippen LogP contribution in [0.5, 0.6) is 0 Å². The van der Waals surface area contributed by atoms with Crippen LogP contribution in [0.3, 0.4) is 0 Å². The van der Waals surface area contributed by atoms with Crippen LogP contribution in [0, 0.1) is 0 Å². The van der Waals surface area contributed by atoms with E-state index in [9.17, 15) is 19.2 Å². The second-order valence-electron chi connectivity index (χ2n) is 13.6. The van der Waals surface area contributed by atoms with E-state index in [1.165, 1.54) is 116 Å². The number of hydrogen-bond donors (Lipinski definition) is 1. The van der Waals surface area contributed by atoms with Crippen LogP contribution in [0.25, 0.3) is 0 Å². The van der Waals surface area contributed by atoms with Gasteiger partial charge in [0.15, 0.2) is 0 Å². The molecule has 0 fully saturated rings. The van der Waals surface area contributed by atoms with Gasteiger partial charge >= 0.3 is 23.9 Å². The van der Waals surface area contributed by atoms with Crippen molar-refractivity contribution in [2.75, 3.05) is 19.8 Å². The molecule has 0 aromatic heterocycles. The Morgan fingerprint density at radius 2 is 0.562 bits per heavy atom. The molecule has 1 N–H and O–H groups in total. The maximum Gasteiger partial charge on any atom is 0.305 e. The van der Waals surface area contributed by atoms with E-state index in [1.54, 1.807) is 0 Å². The van der Waals surface area contributed by atoms with E-state index in [2.05, 4.69) is 6.92 Å². The van der Waals surface area contributed by atoms with Gasteiger partial charge < -0.3 is 19.3 Å². The van der Waals surface area contributed by atoms with Crippen molar-refractivity contribution < 1.29 is 38.5 Å². The van der Waals surface area contributed by atoms with Crippen molar-refractivity contribution in [1.82, 2.24) is 0 Å². The first-order valence-electron chi connectivity index (χ1n) is 20.1. The Kier molecular flexibility index (Phi) is 36.0. The van der Waals surface area contributed by atoms with Gasteiger partial charge in [-0.25, -0.2) is 0 Å². The lowest BCUT2D eigenvalue weighted by atomic mass is 10.0. The molecule has 282 valence electrons. The summed E-state index contributed by atoms with van der Waals surface area (Å²) >= 11 is 0. The lowest BCUT2D eigenvalue weighted by Crippen LogP contribution is -2.09. The molecule has 0 aliphatic heterocycles. The van der Waals surface area contributed by atoms with E-state index in [1.807, 2.05) is 0 Å². The Bertz CT molecular complexity index is 754. The molecule has 0 aromatic carbocycles. The van der Waals surface area contributed by atoms with Gasteiger partial charge in [0.25, 0.3) is 0 Å². The molecule has 0 aliphatic rings. The van der Waals surface area contributed by atoms with Gasteiger partial charge in [0.1, 0.15) is 0 Å². The van der Waals surface area contributed by atoms with Crippen LogP contribution in [-0.2, 0) is 33.4 Å². The quantitative estimate of drug-likeness (QED) is 0.0388. The van der Waals surface area contributed by atoms with Crippen LogP contribution < -0.4 is 0 Å². The normalized spacial score (nSPS) is 11.0. The van der Waals surface area contributed by atoms with Crippen LogP contribution in [0.1, 0.15) is 212 Å². The molecule has 0 unspecified atom stereocenters. The number of ether oxygens (including phenoxy) is 3. The van der Waals surface area contributed by atoms with Crippen molar-refractivity contribution in [3.63, 3.8) is 0 Å². The van der Waals surface area contributed by atoms with Gasteiger partial charge in [0.05, 0.1) is 19.8 Å². The van der Waals surface area contributed by atoms with Gasteiger partial charge in [-0.1, -0.05) is 142 Å². The molecule has 0 aliphatic carbocycles. The summed E-state index contributed by atoms with van der Waals surface area (Å²) in [6, 6.07) is 0. The number of carbonyl (C=O) groups excluding carboxylic acids is 3. The average molecular weight is 683 g/mol. The first-order valence-corrected chi connectivity index (χ1v) is 20.1. The fourth-order valence-electron chi connectivity index (χ4n) is 5.77. The molecule has 0 saturated heterocycles. The Morgan fingerprint density at radius 1 is 0.333 bits per heavy atom. The molecule has 0 radical (unpaired) electrons. The van der Waals surface area contributed by atoms with Crippen molar-refractivity contribution in [3.05, 3.63) is 0 Å². The molecule has 0 heterocycles. The van der Waals surface area contributed by atoms with E-state index < -0.39 is 5.97 Å². The van der Waals surface area contributed by atoms with Crippen LogP contribution in [0.4, 0.5) is 0 Å². The van der Waals surface area contributed by atoms with E-state index in [-0.39, 0.29) is 30.7 Å². The summed E-state index contributed by atoms with van der Waals surface area (Å²) < 4.78 is 15.8. The molecule has 0 rings (SSSR count). The summed E-state index contributed by atoms with van der Waals surface area (Å²) in [6.45, 7) is 3.50. The number of rotatable bonds is 38. The molecule has 0 spiro atoms. The molecule has 8 nitrogen and oxygen atoms in total. The van der Waals surface area contributed by atoms with Crippen LogP contribution >= 0.6 is 0 Å². The molecule has 0 amide bonds. The van der Waals surface area contributed by atoms with Crippen LogP contribution in [0.2, 0.25) is 0 Å². The highest BCUT2D eigenvalue weighted by atomic mass is 16.5. The summed E-state index contributed by atoms with van der Waals surface area (Å²) in [5, 5.41) is 8.58. The number of aliphatic carboxylic acids is 1. The summed E-state index contributed by atoms with van der Waals surface area (Å²) in [5.41, 5.74) is 0. The average Bonchev–Trinajstić information content (AvgIpc) is 3.06. The van der Waals surface area contributed by atoms with Crippen molar-refractivity contribution in [1.29, 1.82) is 0 Å². The Balaban J connectivity index is 3.26. The zero-order valence-electron chi connectivity index (χ0n) is 31.1. The van der Waals surface area contributed by atoms with Gasteiger partial charge in [-0.15, -0.1) is 0 Å². The second kappa shape index (κ2) is 37.7. The number of esters is 3. The minimum atomic E-state index is -0.851. The minimum absolute atomic E-state index is 0.0139. The van der Waals surface area contributed by atoms with Crippen molar-refractivity contribution >= 4 is 23.9 Å². The predicted octanol–water partition coefficient (Wildman–Crippen LogP) is 11.2. The maximum absolute atomic E-state index is 11.9. The third-order valence-electron chi connectivity index (χ3n) is 8.86. The van der Waals surface area contributed by atoms with E-state index >= 15 is 0 Å². The molecular formula is C40H74O8. The Labute approximate surface area is 294 Å². The third-order valence-corrected chi connectivity index (χ3v) is 8.86. The summed E-state index contributed by atoms with van der Waals surface area (Å²) in [6.07, 6.45) is 33.3. The number of carboxylic acid groups (broad SMARTS) is 1. The van der Waals surface area contributed by atoms with Crippen molar-refractivity contribution in [3.8, 4) is 0 Å². The zero-order valence-corrected chi connectivity index (χ0v) is 31.1. The highest BCUT2D eigenvalue weighted by molar-refractivity contribution is 5.70. The standard InChI is InChI=1S/C40H74O8/c1-2-3-4-5-6-7-11-14-17-20-23-31-38(43)46-34-27-22-19-16-13-10-8-9-12-15-18-21-24-32-39(44)47-35-28-29-36-48-40(45)33-26-25-30-37(41)42/h2-36H2,1H3,(H,41,42). The fraction of sp³-hybridized carbons (Fsp3) is 0.900. The highest BCUT2D eigenvalue weighted by Crippen LogP contribution is 2.15. The van der Waals surface area contributed by atoms with E-state index in [0.29, 0.717) is 58.3 Å². The topological polar surface area (TPSA) is 116 Å². The van der Waals surface area contributed by atoms with Gasteiger partial charge in [0, 0.05) is 25.7 Å². The summed E-state index contributed by atoms with van der Waals surface area (Å²) in [7, 11) is 0. The van der Waals surface area contributed by atoms with Gasteiger partial charge in [0.2, 0.25) is 0 Å². The van der Waals surface area contributed by atoms with Crippen molar-refractivity contribution in [2.45, 2.75) is 212 Å². The van der Waals surface area contributed by atoms with E-state index in [0.717, 1.165) is 38.5 Å². The van der Waals surface area contributed by atoms with Crippen LogP contribution in [0.15, 0.2) is 0 Å². The minimum Gasteiger partial charge on any atom is -0.481 e. The summed E-state index contributed by atoms with van der Waals surface area (Å²) in [4.78, 5) is 45.8. The van der Waals surface area contributed by atoms with Crippen LogP contribution in [-0.4, -0.2) is 48.8 Å².